The molecule has 2 nitrogen and oxygen atoms in total. The van der Waals surface area contributed by atoms with Gasteiger partial charge in [0.2, 0.25) is 0 Å². The molecule has 0 aliphatic carbocycles. The molecule has 3 rings (SSSR count). The zero-order valence-corrected chi connectivity index (χ0v) is 11.1. The van der Waals surface area contributed by atoms with Gasteiger partial charge in [0.25, 0.3) is 0 Å². The van der Waals surface area contributed by atoms with E-state index < -0.39 is 6.67 Å². The van der Waals surface area contributed by atoms with Crippen LogP contribution in [0.4, 0.5) is 9.52 Å². The van der Waals surface area contributed by atoms with Gasteiger partial charge < -0.3 is 5.32 Å². The Balaban J connectivity index is 1.70. The van der Waals surface area contributed by atoms with E-state index in [4.69, 9.17) is 0 Å². The number of para-hydroxylation sites is 1. The van der Waals surface area contributed by atoms with Crippen molar-refractivity contribution in [2.45, 2.75) is 13.2 Å². The third-order valence-corrected chi connectivity index (χ3v) is 3.91. The average Bonchev–Trinajstić information content (AvgIpc) is 2.88. The Morgan fingerprint density at radius 3 is 2.47 bits per heavy atom. The van der Waals surface area contributed by atoms with E-state index in [1.165, 1.54) is 4.70 Å². The first-order chi connectivity index (χ1) is 9.35. The van der Waals surface area contributed by atoms with Crippen molar-refractivity contribution in [1.82, 2.24) is 4.98 Å². The van der Waals surface area contributed by atoms with E-state index in [1.807, 2.05) is 42.5 Å². The third-order valence-electron chi connectivity index (χ3n) is 2.91. The number of hydrogen-bond donors (Lipinski definition) is 1. The van der Waals surface area contributed by atoms with Crippen molar-refractivity contribution in [3.8, 4) is 0 Å². The zero-order chi connectivity index (χ0) is 13.1. The Labute approximate surface area is 114 Å². The molecular formula is C15H13FN2S. The molecule has 96 valence electrons. The Morgan fingerprint density at radius 1 is 1.00 bits per heavy atom. The number of hydrogen-bond acceptors (Lipinski definition) is 3. The van der Waals surface area contributed by atoms with Crippen LogP contribution in [-0.2, 0) is 13.2 Å². The molecular weight excluding hydrogens is 259 g/mol. The van der Waals surface area contributed by atoms with Gasteiger partial charge in [-0.1, -0.05) is 47.7 Å². The molecule has 3 aromatic rings. The summed E-state index contributed by atoms with van der Waals surface area (Å²) >= 11 is 1.64. The Kier molecular flexibility index (Phi) is 3.42. The van der Waals surface area contributed by atoms with E-state index in [9.17, 15) is 4.39 Å². The van der Waals surface area contributed by atoms with E-state index >= 15 is 0 Å². The summed E-state index contributed by atoms with van der Waals surface area (Å²) in [6.45, 7) is 0.290. The zero-order valence-electron chi connectivity index (χ0n) is 10.3. The summed E-state index contributed by atoms with van der Waals surface area (Å²) in [5.41, 5.74) is 2.85. The summed E-state index contributed by atoms with van der Waals surface area (Å²) in [4.78, 5) is 4.51. The summed E-state index contributed by atoms with van der Waals surface area (Å²) in [7, 11) is 0. The normalized spacial score (nSPS) is 10.8. The highest BCUT2D eigenvalue weighted by Crippen LogP contribution is 2.25. The number of aromatic nitrogens is 1. The lowest BCUT2D eigenvalue weighted by molar-refractivity contribution is 0.485. The van der Waals surface area contributed by atoms with Crippen molar-refractivity contribution < 1.29 is 4.39 Å². The van der Waals surface area contributed by atoms with Crippen molar-refractivity contribution in [1.29, 1.82) is 0 Å². The van der Waals surface area contributed by atoms with Gasteiger partial charge in [-0.15, -0.1) is 0 Å². The summed E-state index contributed by atoms with van der Waals surface area (Å²) in [5.74, 6) is 0. The number of anilines is 1. The molecule has 4 heteroatoms. The SMILES string of the molecule is FCc1ccc(CNc2nc3ccccc3s2)cc1. The average molecular weight is 272 g/mol. The van der Waals surface area contributed by atoms with Crippen LogP contribution in [0, 0.1) is 0 Å². The van der Waals surface area contributed by atoms with Crippen LogP contribution in [0.25, 0.3) is 10.2 Å². The minimum Gasteiger partial charge on any atom is -0.357 e. The lowest BCUT2D eigenvalue weighted by atomic mass is 10.1. The highest BCUT2D eigenvalue weighted by molar-refractivity contribution is 7.22. The van der Waals surface area contributed by atoms with Crippen molar-refractivity contribution >= 4 is 26.7 Å². The first kappa shape index (κ1) is 12.1. The van der Waals surface area contributed by atoms with Gasteiger partial charge in [-0.05, 0) is 23.3 Å². The van der Waals surface area contributed by atoms with Gasteiger partial charge in [0.15, 0.2) is 5.13 Å². The van der Waals surface area contributed by atoms with Crippen LogP contribution in [0.2, 0.25) is 0 Å². The van der Waals surface area contributed by atoms with E-state index in [2.05, 4.69) is 16.4 Å². The van der Waals surface area contributed by atoms with Crippen LogP contribution in [0.1, 0.15) is 11.1 Å². The van der Waals surface area contributed by atoms with Gasteiger partial charge in [-0.2, -0.15) is 0 Å². The second kappa shape index (κ2) is 5.36. The van der Waals surface area contributed by atoms with E-state index in [-0.39, 0.29) is 0 Å². The van der Waals surface area contributed by atoms with Crippen LogP contribution in [0.15, 0.2) is 48.5 Å². The van der Waals surface area contributed by atoms with Gasteiger partial charge in [0, 0.05) is 6.54 Å². The van der Waals surface area contributed by atoms with Crippen molar-refractivity contribution in [3.05, 3.63) is 59.7 Å². The summed E-state index contributed by atoms with van der Waals surface area (Å²) < 4.78 is 13.6. The Morgan fingerprint density at radius 2 is 1.74 bits per heavy atom. The fraction of sp³-hybridized carbons (Fsp3) is 0.133. The van der Waals surface area contributed by atoms with Crippen molar-refractivity contribution in [3.63, 3.8) is 0 Å². The molecule has 1 heterocycles. The maximum absolute atomic E-state index is 12.4. The molecule has 0 fully saturated rings. The summed E-state index contributed by atoms with van der Waals surface area (Å²) in [5, 5.41) is 4.21. The molecule has 0 aliphatic heterocycles. The maximum Gasteiger partial charge on any atom is 0.184 e. The quantitative estimate of drug-likeness (QED) is 0.762. The molecule has 0 bridgehead atoms. The maximum atomic E-state index is 12.4. The second-order valence-corrected chi connectivity index (χ2v) is 5.32. The van der Waals surface area contributed by atoms with Crippen LogP contribution in [0.5, 0.6) is 0 Å². The number of halogens is 1. The molecule has 0 saturated carbocycles. The fourth-order valence-electron chi connectivity index (χ4n) is 1.87. The number of rotatable bonds is 4. The molecule has 1 N–H and O–H groups in total. The largest absolute Gasteiger partial charge is 0.357 e. The van der Waals surface area contributed by atoms with Crippen LogP contribution in [-0.4, -0.2) is 4.98 Å². The highest BCUT2D eigenvalue weighted by atomic mass is 32.1. The first-order valence-electron chi connectivity index (χ1n) is 6.08. The molecule has 0 spiro atoms. The predicted molar refractivity (Wildman–Crippen MR) is 78.2 cm³/mol. The van der Waals surface area contributed by atoms with Gasteiger partial charge in [-0.25, -0.2) is 9.37 Å². The standard InChI is InChI=1S/C15H13FN2S/c16-9-11-5-7-12(8-6-11)10-17-15-18-13-3-1-2-4-14(13)19-15/h1-8H,9-10H2,(H,17,18). The van der Waals surface area contributed by atoms with E-state index in [0.717, 1.165) is 16.2 Å². The predicted octanol–water partition coefficient (Wildman–Crippen LogP) is 4.38. The molecule has 2 aromatic carbocycles. The third kappa shape index (κ3) is 2.74. The number of benzene rings is 2. The molecule has 19 heavy (non-hydrogen) atoms. The van der Waals surface area contributed by atoms with Crippen molar-refractivity contribution in [2.24, 2.45) is 0 Å². The highest BCUT2D eigenvalue weighted by Gasteiger charge is 2.02. The fourth-order valence-corrected chi connectivity index (χ4v) is 2.73. The first-order valence-corrected chi connectivity index (χ1v) is 6.90. The molecule has 1 aromatic heterocycles. The number of nitrogens with zero attached hydrogens (tertiary/aromatic N) is 1. The molecule has 0 unspecified atom stereocenters. The van der Waals surface area contributed by atoms with E-state index in [1.54, 1.807) is 11.3 Å². The Bertz CT molecular complexity index is 643. The number of alkyl halides is 1. The summed E-state index contributed by atoms with van der Waals surface area (Å²) in [6.07, 6.45) is 0. The molecule has 0 aliphatic rings. The van der Waals surface area contributed by atoms with Crippen LogP contribution >= 0.6 is 11.3 Å². The lowest BCUT2D eigenvalue weighted by Crippen LogP contribution is -1.98. The smallest absolute Gasteiger partial charge is 0.184 e. The van der Waals surface area contributed by atoms with Gasteiger partial charge in [0.05, 0.1) is 10.2 Å². The molecule has 0 saturated heterocycles. The minimum atomic E-state index is -0.411. The molecule has 0 radical (unpaired) electrons. The summed E-state index contributed by atoms with van der Waals surface area (Å²) in [6, 6.07) is 15.6. The van der Waals surface area contributed by atoms with Crippen molar-refractivity contribution in [2.75, 3.05) is 5.32 Å². The molecule has 0 amide bonds. The number of fused-ring (bicyclic) bond motifs is 1. The minimum absolute atomic E-state index is 0.411. The van der Waals surface area contributed by atoms with Gasteiger partial charge in [0.1, 0.15) is 6.67 Å². The van der Waals surface area contributed by atoms with E-state index in [0.29, 0.717) is 12.1 Å². The van der Waals surface area contributed by atoms with Crippen LogP contribution < -0.4 is 5.32 Å². The second-order valence-electron chi connectivity index (χ2n) is 4.29. The van der Waals surface area contributed by atoms with Gasteiger partial charge >= 0.3 is 0 Å². The monoisotopic (exact) mass is 272 g/mol. The Hall–Kier alpha value is -1.94. The topological polar surface area (TPSA) is 24.9 Å². The van der Waals surface area contributed by atoms with Gasteiger partial charge in [-0.3, -0.25) is 0 Å². The number of nitrogens with one attached hydrogen (secondary N) is 1. The molecule has 0 atom stereocenters. The number of thiazole rings is 1. The van der Waals surface area contributed by atoms with Crippen LogP contribution in [0.3, 0.4) is 0 Å². The lowest BCUT2D eigenvalue weighted by Gasteiger charge is -2.03.